The molecule has 2 aliphatic rings. The number of ether oxygens (including phenoxy) is 1. The predicted octanol–water partition coefficient (Wildman–Crippen LogP) is 3.69. The highest BCUT2D eigenvalue weighted by Gasteiger charge is 2.50. The number of nitrogens with zero attached hydrogens (tertiary/aromatic N) is 1. The van der Waals surface area contributed by atoms with Gasteiger partial charge in [-0.1, -0.05) is 38.0 Å². The average molecular weight is 331 g/mol. The highest BCUT2D eigenvalue weighted by Crippen LogP contribution is 2.50. The Kier molecular flexibility index (Phi) is 5.14. The number of carbonyl (C=O) groups is 1. The SMILES string of the molecule is CCCC(=O)N1CC[C@]2(O)CCCC[C@H]2[C@@H]1c1ccccc1OC. The molecule has 2 fully saturated rings. The second-order valence-corrected chi connectivity index (χ2v) is 7.23. The zero-order valence-corrected chi connectivity index (χ0v) is 14.8. The summed E-state index contributed by atoms with van der Waals surface area (Å²) in [5, 5.41) is 11.2. The number of amides is 1. The van der Waals surface area contributed by atoms with Crippen LogP contribution in [0.15, 0.2) is 24.3 Å². The first kappa shape index (κ1) is 17.3. The summed E-state index contributed by atoms with van der Waals surface area (Å²) in [6, 6.07) is 7.87. The third-order valence-electron chi connectivity index (χ3n) is 5.81. The van der Waals surface area contributed by atoms with E-state index in [1.54, 1.807) is 7.11 Å². The molecule has 0 bridgehead atoms. The molecule has 0 aromatic heterocycles. The van der Waals surface area contributed by atoms with Crippen LogP contribution in [-0.4, -0.2) is 35.2 Å². The molecule has 0 radical (unpaired) electrons. The molecule has 24 heavy (non-hydrogen) atoms. The summed E-state index contributed by atoms with van der Waals surface area (Å²) in [5.74, 6) is 1.10. The van der Waals surface area contributed by atoms with E-state index in [4.69, 9.17) is 4.74 Å². The standard InChI is InChI=1S/C20H29NO3/c1-3-8-18(22)21-14-13-20(23)12-7-6-10-16(20)19(21)15-9-4-5-11-17(15)24-2/h4-5,9,11,16,19,23H,3,6-8,10,12-14H2,1-2H3/t16-,19-,20+/m0/s1. The third-order valence-corrected chi connectivity index (χ3v) is 5.81. The van der Waals surface area contributed by atoms with Crippen LogP contribution < -0.4 is 4.74 Å². The lowest BCUT2D eigenvalue weighted by Crippen LogP contribution is -2.56. The lowest BCUT2D eigenvalue weighted by atomic mass is 9.66. The molecule has 1 aromatic rings. The van der Waals surface area contributed by atoms with Gasteiger partial charge in [0.1, 0.15) is 5.75 Å². The monoisotopic (exact) mass is 331 g/mol. The van der Waals surface area contributed by atoms with Gasteiger partial charge in [0, 0.05) is 24.4 Å². The van der Waals surface area contributed by atoms with Gasteiger partial charge in [-0.15, -0.1) is 0 Å². The number of hydrogen-bond acceptors (Lipinski definition) is 3. The van der Waals surface area contributed by atoms with E-state index >= 15 is 0 Å². The number of likely N-dealkylation sites (tertiary alicyclic amines) is 1. The number of aliphatic hydroxyl groups is 1. The second-order valence-electron chi connectivity index (χ2n) is 7.23. The van der Waals surface area contributed by atoms with Crippen LogP contribution in [0.2, 0.25) is 0 Å². The lowest BCUT2D eigenvalue weighted by Gasteiger charge is -2.52. The van der Waals surface area contributed by atoms with Crippen molar-refractivity contribution in [3.05, 3.63) is 29.8 Å². The summed E-state index contributed by atoms with van der Waals surface area (Å²) in [7, 11) is 1.67. The smallest absolute Gasteiger partial charge is 0.223 e. The molecule has 4 heteroatoms. The summed E-state index contributed by atoms with van der Waals surface area (Å²) in [4.78, 5) is 14.8. The van der Waals surface area contributed by atoms with Gasteiger partial charge in [0.15, 0.2) is 0 Å². The van der Waals surface area contributed by atoms with Crippen LogP contribution in [0.4, 0.5) is 0 Å². The van der Waals surface area contributed by atoms with E-state index in [9.17, 15) is 9.90 Å². The minimum Gasteiger partial charge on any atom is -0.496 e. The molecule has 3 atom stereocenters. The Morgan fingerprint density at radius 2 is 2.12 bits per heavy atom. The van der Waals surface area contributed by atoms with Crippen molar-refractivity contribution in [2.24, 2.45) is 5.92 Å². The zero-order chi connectivity index (χ0) is 17.2. The van der Waals surface area contributed by atoms with Crippen LogP contribution >= 0.6 is 0 Å². The number of para-hydroxylation sites is 1. The van der Waals surface area contributed by atoms with Gasteiger partial charge in [-0.25, -0.2) is 0 Å². The van der Waals surface area contributed by atoms with Gasteiger partial charge < -0.3 is 14.7 Å². The first-order valence-electron chi connectivity index (χ1n) is 9.25. The molecular weight excluding hydrogens is 302 g/mol. The molecule has 1 aromatic carbocycles. The quantitative estimate of drug-likeness (QED) is 0.915. The number of hydrogen-bond donors (Lipinski definition) is 1. The highest BCUT2D eigenvalue weighted by atomic mass is 16.5. The maximum atomic E-state index is 12.8. The molecule has 1 amide bonds. The number of fused-ring (bicyclic) bond motifs is 1. The summed E-state index contributed by atoms with van der Waals surface area (Å²) in [6.07, 6.45) is 6.12. The van der Waals surface area contributed by atoms with Crippen LogP contribution in [0, 0.1) is 5.92 Å². The zero-order valence-electron chi connectivity index (χ0n) is 14.8. The number of methoxy groups -OCH3 is 1. The van der Waals surface area contributed by atoms with Crippen molar-refractivity contribution in [1.82, 2.24) is 4.90 Å². The van der Waals surface area contributed by atoms with E-state index < -0.39 is 5.60 Å². The average Bonchev–Trinajstić information content (AvgIpc) is 2.60. The summed E-state index contributed by atoms with van der Waals surface area (Å²) < 4.78 is 5.58. The normalized spacial score (nSPS) is 29.9. The van der Waals surface area contributed by atoms with E-state index in [2.05, 4.69) is 6.07 Å². The van der Waals surface area contributed by atoms with Crippen molar-refractivity contribution in [2.75, 3.05) is 13.7 Å². The lowest BCUT2D eigenvalue weighted by molar-refractivity contribution is -0.155. The van der Waals surface area contributed by atoms with Crippen molar-refractivity contribution < 1.29 is 14.6 Å². The molecule has 1 heterocycles. The third kappa shape index (κ3) is 3.04. The van der Waals surface area contributed by atoms with Crippen molar-refractivity contribution >= 4 is 5.91 Å². The van der Waals surface area contributed by atoms with Gasteiger partial charge in [0.25, 0.3) is 0 Å². The Bertz CT molecular complexity index is 588. The fourth-order valence-corrected chi connectivity index (χ4v) is 4.61. The first-order chi connectivity index (χ1) is 11.6. The second kappa shape index (κ2) is 7.14. The van der Waals surface area contributed by atoms with Crippen LogP contribution in [0.5, 0.6) is 5.75 Å². The van der Waals surface area contributed by atoms with Gasteiger partial charge in [-0.2, -0.15) is 0 Å². The number of benzene rings is 1. The summed E-state index contributed by atoms with van der Waals surface area (Å²) >= 11 is 0. The van der Waals surface area contributed by atoms with Crippen LogP contribution in [0.25, 0.3) is 0 Å². The molecule has 3 rings (SSSR count). The van der Waals surface area contributed by atoms with Gasteiger partial charge in [0.2, 0.25) is 5.91 Å². The predicted molar refractivity (Wildman–Crippen MR) is 93.9 cm³/mol. The Balaban J connectivity index is 2.03. The molecule has 1 N–H and O–H groups in total. The van der Waals surface area contributed by atoms with E-state index in [0.717, 1.165) is 43.4 Å². The Hall–Kier alpha value is -1.55. The van der Waals surface area contributed by atoms with Crippen molar-refractivity contribution in [3.8, 4) is 5.75 Å². The molecule has 1 saturated carbocycles. The molecule has 1 aliphatic carbocycles. The Morgan fingerprint density at radius 1 is 1.33 bits per heavy atom. The van der Waals surface area contributed by atoms with Gasteiger partial charge >= 0.3 is 0 Å². The maximum absolute atomic E-state index is 12.8. The van der Waals surface area contributed by atoms with Crippen LogP contribution in [-0.2, 0) is 4.79 Å². The fourth-order valence-electron chi connectivity index (χ4n) is 4.61. The van der Waals surface area contributed by atoms with Gasteiger partial charge in [-0.05, 0) is 31.7 Å². The Labute approximate surface area is 144 Å². The van der Waals surface area contributed by atoms with E-state index in [1.165, 1.54) is 0 Å². The number of piperidine rings is 1. The van der Waals surface area contributed by atoms with Crippen LogP contribution in [0.3, 0.4) is 0 Å². The number of rotatable bonds is 4. The molecular formula is C20H29NO3. The van der Waals surface area contributed by atoms with E-state index in [0.29, 0.717) is 19.4 Å². The van der Waals surface area contributed by atoms with E-state index in [-0.39, 0.29) is 17.9 Å². The minimum absolute atomic E-state index is 0.0840. The first-order valence-corrected chi connectivity index (χ1v) is 9.25. The molecule has 0 unspecified atom stereocenters. The summed E-state index contributed by atoms with van der Waals surface area (Å²) in [6.45, 7) is 2.67. The highest BCUT2D eigenvalue weighted by molar-refractivity contribution is 5.77. The Morgan fingerprint density at radius 3 is 2.88 bits per heavy atom. The molecule has 1 saturated heterocycles. The van der Waals surface area contributed by atoms with Crippen molar-refractivity contribution in [1.29, 1.82) is 0 Å². The maximum Gasteiger partial charge on any atom is 0.223 e. The topological polar surface area (TPSA) is 49.8 Å². The molecule has 0 spiro atoms. The largest absolute Gasteiger partial charge is 0.496 e. The van der Waals surface area contributed by atoms with Gasteiger partial charge in [-0.3, -0.25) is 4.79 Å². The molecule has 132 valence electrons. The van der Waals surface area contributed by atoms with Crippen molar-refractivity contribution in [3.63, 3.8) is 0 Å². The molecule has 1 aliphatic heterocycles. The number of carbonyl (C=O) groups excluding carboxylic acids is 1. The van der Waals surface area contributed by atoms with Crippen LogP contribution in [0.1, 0.15) is 63.5 Å². The fraction of sp³-hybridized carbons (Fsp3) is 0.650. The summed E-state index contributed by atoms with van der Waals surface area (Å²) in [5.41, 5.74) is 0.390. The van der Waals surface area contributed by atoms with E-state index in [1.807, 2.05) is 30.0 Å². The van der Waals surface area contributed by atoms with Crippen molar-refractivity contribution in [2.45, 2.75) is 63.5 Å². The molecule has 4 nitrogen and oxygen atoms in total. The van der Waals surface area contributed by atoms with Gasteiger partial charge in [0.05, 0.1) is 18.8 Å². The minimum atomic E-state index is -0.646.